The van der Waals surface area contributed by atoms with Crippen LogP contribution >= 0.6 is 0 Å². The molecule has 0 aliphatic carbocycles. The van der Waals surface area contributed by atoms with Gasteiger partial charge in [-0.25, -0.2) is 14.6 Å². The lowest BCUT2D eigenvalue weighted by molar-refractivity contribution is 0.0663. The molecule has 8 heteroatoms. The van der Waals surface area contributed by atoms with Crippen LogP contribution in [0.3, 0.4) is 0 Å². The van der Waals surface area contributed by atoms with Crippen molar-refractivity contribution in [3.8, 4) is 0 Å². The fraction of sp³-hybridized carbons (Fsp3) is 0.417. The number of amides is 1. The highest BCUT2D eigenvalue weighted by Crippen LogP contribution is 2.16. The number of piperazine rings is 1. The number of hydrogen-bond donors (Lipinski definition) is 1. The van der Waals surface area contributed by atoms with Crippen LogP contribution in [0, 0.1) is 0 Å². The maximum atomic E-state index is 11.6. The number of carbonyl (C=O) groups is 2. The molecule has 0 aromatic carbocycles. The van der Waals surface area contributed by atoms with Crippen molar-refractivity contribution in [2.75, 3.05) is 37.7 Å². The lowest BCUT2D eigenvalue weighted by Gasteiger charge is -2.32. The van der Waals surface area contributed by atoms with Gasteiger partial charge in [-0.2, -0.15) is 0 Å². The molecule has 2 heterocycles. The second kappa shape index (κ2) is 6.09. The summed E-state index contributed by atoms with van der Waals surface area (Å²) in [5.74, 6) is -1.36. The normalized spacial score (nSPS) is 15.0. The highest BCUT2D eigenvalue weighted by molar-refractivity contribution is 5.84. The third kappa shape index (κ3) is 3.08. The molecule has 0 atom stereocenters. The molecule has 0 radical (unpaired) electrons. The molecule has 0 bridgehead atoms. The Bertz CT molecular complexity index is 505. The van der Waals surface area contributed by atoms with E-state index in [0.29, 0.717) is 26.2 Å². The van der Waals surface area contributed by atoms with Gasteiger partial charge in [0.25, 0.3) is 6.01 Å². The van der Waals surface area contributed by atoms with E-state index in [9.17, 15) is 9.59 Å². The summed E-state index contributed by atoms with van der Waals surface area (Å²) in [6.07, 6.45) is 2.29. The molecule has 1 N–H and O–H groups in total. The summed E-state index contributed by atoms with van der Waals surface area (Å²) in [5, 5.41) is 8.76. The third-order valence-electron chi connectivity index (χ3n) is 2.84. The molecule has 0 unspecified atom stereocenters. The van der Waals surface area contributed by atoms with Gasteiger partial charge < -0.3 is 24.1 Å². The lowest BCUT2D eigenvalue weighted by Crippen LogP contribution is -2.49. The molecule has 20 heavy (non-hydrogen) atoms. The first-order valence-corrected chi connectivity index (χ1v) is 6.08. The first-order chi connectivity index (χ1) is 9.61. The monoisotopic (exact) mass is 281 g/mol. The topological polar surface area (TPSA) is 96.1 Å². The van der Waals surface area contributed by atoms with Gasteiger partial charge in [-0.15, -0.1) is 0 Å². The number of aromatic carboxylic acids is 1. The van der Waals surface area contributed by atoms with Crippen LogP contribution in [0.15, 0.2) is 23.3 Å². The fourth-order valence-electron chi connectivity index (χ4n) is 1.81. The van der Waals surface area contributed by atoms with Crippen molar-refractivity contribution in [1.29, 1.82) is 0 Å². The van der Waals surface area contributed by atoms with Gasteiger partial charge >= 0.3 is 12.1 Å². The quantitative estimate of drug-likeness (QED) is 0.816. The molecule has 1 aliphatic heterocycles. The predicted octanol–water partition coefficient (Wildman–Crippen LogP) is 0.817. The molecule has 1 aliphatic rings. The van der Waals surface area contributed by atoms with Crippen molar-refractivity contribution >= 4 is 18.1 Å². The van der Waals surface area contributed by atoms with E-state index in [1.807, 2.05) is 0 Å². The Morgan fingerprint density at radius 3 is 2.70 bits per heavy atom. The standard InChI is InChI=1S/C12H15N3O5/c1-2-7-19-12(18)15-5-3-14(4-6-15)11-13-8-9(20-11)10(16)17/h2,8H,1,3-7H2,(H,16,17). The minimum Gasteiger partial charge on any atom is -0.475 e. The Kier molecular flexibility index (Phi) is 4.24. The number of oxazole rings is 1. The second-order valence-electron chi connectivity index (χ2n) is 4.15. The molecule has 8 nitrogen and oxygen atoms in total. The Morgan fingerprint density at radius 1 is 1.45 bits per heavy atom. The van der Waals surface area contributed by atoms with Crippen molar-refractivity contribution in [1.82, 2.24) is 9.88 Å². The van der Waals surface area contributed by atoms with Crippen molar-refractivity contribution in [2.24, 2.45) is 0 Å². The van der Waals surface area contributed by atoms with Crippen LogP contribution in [0.1, 0.15) is 10.6 Å². The minimum atomic E-state index is -1.16. The van der Waals surface area contributed by atoms with Crippen molar-refractivity contribution in [2.45, 2.75) is 0 Å². The average Bonchev–Trinajstić information content (AvgIpc) is 2.95. The number of carboxylic acid groups (broad SMARTS) is 1. The van der Waals surface area contributed by atoms with Gasteiger partial charge in [0, 0.05) is 26.2 Å². The van der Waals surface area contributed by atoms with Crippen LogP contribution in [0.2, 0.25) is 0 Å². The molecule has 1 saturated heterocycles. The highest BCUT2D eigenvalue weighted by Gasteiger charge is 2.25. The number of rotatable bonds is 4. The van der Waals surface area contributed by atoms with Gasteiger partial charge in [0.2, 0.25) is 5.76 Å². The third-order valence-corrected chi connectivity index (χ3v) is 2.84. The molecular weight excluding hydrogens is 266 g/mol. The van der Waals surface area contributed by atoms with Crippen LogP contribution in [0.4, 0.5) is 10.8 Å². The molecule has 1 amide bonds. The van der Waals surface area contributed by atoms with Gasteiger partial charge in [-0.3, -0.25) is 0 Å². The number of ether oxygens (including phenoxy) is 1. The molecule has 1 fully saturated rings. The molecular formula is C12H15N3O5. The number of nitrogens with zero attached hydrogens (tertiary/aromatic N) is 3. The zero-order chi connectivity index (χ0) is 14.5. The summed E-state index contributed by atoms with van der Waals surface area (Å²) in [7, 11) is 0. The minimum absolute atomic E-state index is 0.181. The number of carbonyl (C=O) groups excluding carboxylic acids is 1. The maximum Gasteiger partial charge on any atom is 0.410 e. The summed E-state index contributed by atoms with van der Waals surface area (Å²) in [6, 6.07) is 0.251. The number of hydrogen-bond acceptors (Lipinski definition) is 6. The van der Waals surface area contributed by atoms with E-state index in [1.165, 1.54) is 12.3 Å². The van der Waals surface area contributed by atoms with Crippen LogP contribution in [0.5, 0.6) is 0 Å². The molecule has 108 valence electrons. The van der Waals surface area contributed by atoms with E-state index < -0.39 is 5.97 Å². The maximum absolute atomic E-state index is 11.6. The summed E-state index contributed by atoms with van der Waals surface area (Å²) in [6.45, 7) is 5.58. The SMILES string of the molecule is C=CCOC(=O)N1CCN(c2ncc(C(=O)O)o2)CC1. The summed E-state index contributed by atoms with van der Waals surface area (Å²) >= 11 is 0. The lowest BCUT2D eigenvalue weighted by atomic mass is 10.3. The summed E-state index contributed by atoms with van der Waals surface area (Å²) in [5.41, 5.74) is 0. The van der Waals surface area contributed by atoms with Crippen molar-refractivity contribution < 1.29 is 23.8 Å². The van der Waals surface area contributed by atoms with Crippen LogP contribution in [-0.2, 0) is 4.74 Å². The molecule has 0 spiro atoms. The van der Waals surface area contributed by atoms with E-state index in [0.717, 1.165) is 0 Å². The Balaban J connectivity index is 1.88. The van der Waals surface area contributed by atoms with Gasteiger partial charge in [-0.05, 0) is 0 Å². The van der Waals surface area contributed by atoms with Crippen LogP contribution in [0.25, 0.3) is 0 Å². The molecule has 2 rings (SSSR count). The van der Waals surface area contributed by atoms with Crippen molar-refractivity contribution in [3.05, 3.63) is 24.6 Å². The van der Waals surface area contributed by atoms with Crippen LogP contribution < -0.4 is 4.90 Å². The number of aromatic nitrogens is 1. The first kappa shape index (κ1) is 13.9. The van der Waals surface area contributed by atoms with Crippen LogP contribution in [-0.4, -0.2) is 59.8 Å². The second-order valence-corrected chi connectivity index (χ2v) is 4.15. The smallest absolute Gasteiger partial charge is 0.410 e. The number of carboxylic acids is 1. The predicted molar refractivity (Wildman–Crippen MR) is 68.8 cm³/mol. The molecule has 1 aromatic heterocycles. The van der Waals surface area contributed by atoms with Gasteiger partial charge in [0.15, 0.2) is 0 Å². The van der Waals surface area contributed by atoms with E-state index in [4.69, 9.17) is 14.3 Å². The summed E-state index contributed by atoms with van der Waals surface area (Å²) in [4.78, 5) is 29.6. The van der Waals surface area contributed by atoms with Gasteiger partial charge in [0.05, 0.1) is 6.20 Å². The zero-order valence-electron chi connectivity index (χ0n) is 10.8. The molecule has 1 aromatic rings. The van der Waals surface area contributed by atoms with E-state index >= 15 is 0 Å². The largest absolute Gasteiger partial charge is 0.475 e. The molecule has 0 saturated carbocycles. The van der Waals surface area contributed by atoms with Gasteiger partial charge in [0.1, 0.15) is 6.61 Å². The zero-order valence-corrected chi connectivity index (χ0v) is 10.8. The highest BCUT2D eigenvalue weighted by atomic mass is 16.6. The summed E-state index contributed by atoms with van der Waals surface area (Å²) < 4.78 is 10.1. The van der Waals surface area contributed by atoms with E-state index in [-0.39, 0.29) is 24.5 Å². The Morgan fingerprint density at radius 2 is 2.15 bits per heavy atom. The first-order valence-electron chi connectivity index (χ1n) is 6.08. The van der Waals surface area contributed by atoms with Gasteiger partial charge in [-0.1, -0.05) is 12.7 Å². The van der Waals surface area contributed by atoms with E-state index in [1.54, 1.807) is 9.80 Å². The Labute approximate surface area is 115 Å². The van der Waals surface area contributed by atoms with E-state index in [2.05, 4.69) is 11.6 Å². The van der Waals surface area contributed by atoms with Crippen molar-refractivity contribution in [3.63, 3.8) is 0 Å². The fourth-order valence-corrected chi connectivity index (χ4v) is 1.81. The average molecular weight is 281 g/mol. The Hall–Kier alpha value is -2.51. The number of anilines is 1.